The van der Waals surface area contributed by atoms with Gasteiger partial charge in [0.05, 0.1) is 23.3 Å². The molecule has 2 aromatic carbocycles. The minimum Gasteiger partial charge on any atom is -0.457 e. The molecular formula is C20H19N3O2. The van der Waals surface area contributed by atoms with Gasteiger partial charge in [-0.15, -0.1) is 0 Å². The van der Waals surface area contributed by atoms with Gasteiger partial charge in [-0.25, -0.2) is 4.68 Å². The summed E-state index contributed by atoms with van der Waals surface area (Å²) in [6.45, 7) is 2.83. The second-order valence-corrected chi connectivity index (χ2v) is 6.27. The molecule has 1 saturated heterocycles. The molecule has 1 atom stereocenters. The number of hydrogen-bond donors (Lipinski definition) is 0. The number of nitrogens with zero attached hydrogens (tertiary/aromatic N) is 3. The van der Waals surface area contributed by atoms with Crippen molar-refractivity contribution in [1.82, 2.24) is 9.78 Å². The predicted octanol–water partition coefficient (Wildman–Crippen LogP) is 4.71. The summed E-state index contributed by atoms with van der Waals surface area (Å²) in [6, 6.07) is 13.2. The zero-order chi connectivity index (χ0) is 17.2. The molecule has 5 heteroatoms. The van der Waals surface area contributed by atoms with Crippen LogP contribution in [0.3, 0.4) is 0 Å². The SMILES string of the molecule is Cc1c(Oc2ccc(C#N)cc2)ccc2c1cnn2C1CCCCO1. The molecule has 4 rings (SSSR count). The van der Waals surface area contributed by atoms with E-state index in [4.69, 9.17) is 14.7 Å². The summed E-state index contributed by atoms with van der Waals surface area (Å²) in [5, 5.41) is 14.5. The van der Waals surface area contributed by atoms with Crippen LogP contribution in [0.25, 0.3) is 10.9 Å². The molecular weight excluding hydrogens is 314 g/mol. The number of fused-ring (bicyclic) bond motifs is 1. The van der Waals surface area contributed by atoms with E-state index < -0.39 is 0 Å². The Hall–Kier alpha value is -2.84. The minimum absolute atomic E-state index is 0.0240. The summed E-state index contributed by atoms with van der Waals surface area (Å²) in [6.07, 6.45) is 5.20. The zero-order valence-corrected chi connectivity index (χ0v) is 14.1. The van der Waals surface area contributed by atoms with Crippen LogP contribution in [0.4, 0.5) is 0 Å². The Balaban J connectivity index is 1.64. The molecule has 1 fully saturated rings. The lowest BCUT2D eigenvalue weighted by atomic mass is 10.1. The number of benzene rings is 2. The molecule has 1 aliphatic rings. The van der Waals surface area contributed by atoms with Crippen LogP contribution >= 0.6 is 0 Å². The van der Waals surface area contributed by atoms with E-state index >= 15 is 0 Å². The first-order valence-corrected chi connectivity index (χ1v) is 8.53. The summed E-state index contributed by atoms with van der Waals surface area (Å²) in [4.78, 5) is 0. The molecule has 5 nitrogen and oxygen atoms in total. The van der Waals surface area contributed by atoms with Gasteiger partial charge in [-0.3, -0.25) is 0 Å². The van der Waals surface area contributed by atoms with Gasteiger partial charge >= 0.3 is 0 Å². The fourth-order valence-electron chi connectivity index (χ4n) is 3.22. The normalized spacial score (nSPS) is 17.4. The van der Waals surface area contributed by atoms with Crippen LogP contribution in [0.15, 0.2) is 42.6 Å². The highest BCUT2D eigenvalue weighted by atomic mass is 16.5. The first-order valence-electron chi connectivity index (χ1n) is 8.53. The highest BCUT2D eigenvalue weighted by Gasteiger charge is 2.19. The van der Waals surface area contributed by atoms with Crippen molar-refractivity contribution >= 4 is 10.9 Å². The summed E-state index contributed by atoms with van der Waals surface area (Å²) >= 11 is 0. The Morgan fingerprint density at radius 2 is 2.04 bits per heavy atom. The Kier molecular flexibility index (Phi) is 4.12. The number of nitriles is 1. The highest BCUT2D eigenvalue weighted by molar-refractivity contribution is 5.84. The van der Waals surface area contributed by atoms with Gasteiger partial charge in [0.1, 0.15) is 11.5 Å². The lowest BCUT2D eigenvalue weighted by molar-refractivity contribution is -0.0366. The molecule has 0 amide bonds. The van der Waals surface area contributed by atoms with E-state index in [0.29, 0.717) is 11.3 Å². The average molecular weight is 333 g/mol. The molecule has 2 heterocycles. The van der Waals surface area contributed by atoms with Gasteiger partial charge in [0.25, 0.3) is 0 Å². The van der Waals surface area contributed by atoms with E-state index in [0.717, 1.165) is 41.7 Å². The van der Waals surface area contributed by atoms with E-state index in [-0.39, 0.29) is 6.23 Å². The van der Waals surface area contributed by atoms with Gasteiger partial charge in [0.15, 0.2) is 6.23 Å². The first kappa shape index (κ1) is 15.7. The van der Waals surface area contributed by atoms with Gasteiger partial charge < -0.3 is 9.47 Å². The second-order valence-electron chi connectivity index (χ2n) is 6.27. The maximum absolute atomic E-state index is 8.88. The fourth-order valence-corrected chi connectivity index (χ4v) is 3.22. The lowest BCUT2D eigenvalue weighted by Crippen LogP contribution is -2.18. The third-order valence-corrected chi connectivity index (χ3v) is 4.64. The van der Waals surface area contributed by atoms with Crippen molar-refractivity contribution in [3.63, 3.8) is 0 Å². The topological polar surface area (TPSA) is 60.1 Å². The highest BCUT2D eigenvalue weighted by Crippen LogP contribution is 2.33. The monoisotopic (exact) mass is 333 g/mol. The molecule has 1 aliphatic heterocycles. The first-order chi connectivity index (χ1) is 12.3. The predicted molar refractivity (Wildman–Crippen MR) is 94.5 cm³/mol. The molecule has 126 valence electrons. The van der Waals surface area contributed by atoms with E-state index in [1.165, 1.54) is 6.42 Å². The fraction of sp³-hybridized carbons (Fsp3) is 0.300. The Bertz CT molecular complexity index is 932. The van der Waals surface area contributed by atoms with Crippen LogP contribution in [0.1, 0.15) is 36.6 Å². The van der Waals surface area contributed by atoms with Crippen molar-refractivity contribution in [2.75, 3.05) is 6.61 Å². The van der Waals surface area contributed by atoms with E-state index in [1.807, 2.05) is 42.1 Å². The van der Waals surface area contributed by atoms with Gasteiger partial charge in [-0.05, 0) is 62.6 Å². The summed E-state index contributed by atoms with van der Waals surface area (Å²) in [5.41, 5.74) is 2.73. The van der Waals surface area contributed by atoms with Crippen LogP contribution in [0, 0.1) is 18.3 Å². The Morgan fingerprint density at radius 1 is 1.20 bits per heavy atom. The van der Waals surface area contributed by atoms with Crippen molar-refractivity contribution < 1.29 is 9.47 Å². The van der Waals surface area contributed by atoms with Crippen LogP contribution in [-0.2, 0) is 4.74 Å². The van der Waals surface area contributed by atoms with Crippen LogP contribution < -0.4 is 4.74 Å². The molecule has 0 bridgehead atoms. The zero-order valence-electron chi connectivity index (χ0n) is 14.1. The van der Waals surface area contributed by atoms with Crippen LogP contribution in [-0.4, -0.2) is 16.4 Å². The lowest BCUT2D eigenvalue weighted by Gasteiger charge is -2.23. The second kappa shape index (κ2) is 6.58. The standard InChI is InChI=1S/C20H19N3O2/c1-14-17-13-22-23(20-4-2-3-11-24-20)18(17)9-10-19(14)25-16-7-5-15(12-21)6-8-16/h5-10,13,20H,2-4,11H2,1H3. The molecule has 0 saturated carbocycles. The summed E-state index contributed by atoms with van der Waals surface area (Å²) in [7, 11) is 0. The van der Waals surface area contributed by atoms with E-state index in [1.54, 1.807) is 12.1 Å². The molecule has 1 aromatic heterocycles. The van der Waals surface area contributed by atoms with Gasteiger partial charge in [-0.1, -0.05) is 0 Å². The molecule has 3 aromatic rings. The summed E-state index contributed by atoms with van der Waals surface area (Å²) in [5.74, 6) is 1.51. The molecule has 0 spiro atoms. The van der Waals surface area contributed by atoms with E-state index in [2.05, 4.69) is 11.2 Å². The Morgan fingerprint density at radius 3 is 2.76 bits per heavy atom. The maximum Gasteiger partial charge on any atom is 0.150 e. The van der Waals surface area contributed by atoms with Crippen molar-refractivity contribution in [3.8, 4) is 17.6 Å². The number of ether oxygens (including phenoxy) is 2. The smallest absolute Gasteiger partial charge is 0.150 e. The largest absolute Gasteiger partial charge is 0.457 e. The van der Waals surface area contributed by atoms with Crippen LogP contribution in [0.5, 0.6) is 11.5 Å². The van der Waals surface area contributed by atoms with Crippen molar-refractivity contribution in [3.05, 3.63) is 53.7 Å². The molecule has 0 radical (unpaired) electrons. The van der Waals surface area contributed by atoms with Crippen molar-refractivity contribution in [2.24, 2.45) is 0 Å². The van der Waals surface area contributed by atoms with Gasteiger partial charge in [-0.2, -0.15) is 10.4 Å². The van der Waals surface area contributed by atoms with Gasteiger partial charge in [0.2, 0.25) is 0 Å². The number of aromatic nitrogens is 2. The quantitative estimate of drug-likeness (QED) is 0.696. The van der Waals surface area contributed by atoms with Crippen molar-refractivity contribution in [2.45, 2.75) is 32.4 Å². The molecule has 0 N–H and O–H groups in total. The minimum atomic E-state index is 0.0240. The number of rotatable bonds is 3. The third kappa shape index (κ3) is 2.97. The molecule has 25 heavy (non-hydrogen) atoms. The summed E-state index contributed by atoms with van der Waals surface area (Å²) < 4.78 is 13.8. The number of aryl methyl sites for hydroxylation is 1. The van der Waals surface area contributed by atoms with Crippen molar-refractivity contribution in [1.29, 1.82) is 5.26 Å². The van der Waals surface area contributed by atoms with E-state index in [9.17, 15) is 0 Å². The van der Waals surface area contributed by atoms with Gasteiger partial charge in [0, 0.05) is 17.6 Å². The average Bonchev–Trinajstić information content (AvgIpc) is 3.10. The van der Waals surface area contributed by atoms with Crippen LogP contribution in [0.2, 0.25) is 0 Å². The Labute approximate surface area is 146 Å². The molecule has 1 unspecified atom stereocenters. The number of hydrogen-bond acceptors (Lipinski definition) is 4. The maximum atomic E-state index is 8.88. The third-order valence-electron chi connectivity index (χ3n) is 4.64. The molecule has 0 aliphatic carbocycles.